The molecule has 2 aromatic rings. The van der Waals surface area contributed by atoms with E-state index in [0.29, 0.717) is 5.69 Å². The van der Waals surface area contributed by atoms with E-state index in [9.17, 15) is 19.5 Å². The number of aromatic carboxylic acids is 1. The molecular formula is C15H7INO4-. The van der Waals surface area contributed by atoms with Gasteiger partial charge in [-0.1, -0.05) is 12.1 Å². The molecule has 1 aliphatic rings. The van der Waals surface area contributed by atoms with Crippen LogP contribution in [0, 0.1) is 3.57 Å². The summed E-state index contributed by atoms with van der Waals surface area (Å²) in [5, 5.41) is 10.9. The van der Waals surface area contributed by atoms with Crippen LogP contribution in [0.15, 0.2) is 42.5 Å². The second-order valence-corrected chi connectivity index (χ2v) is 5.72. The van der Waals surface area contributed by atoms with Crippen molar-refractivity contribution >= 4 is 46.1 Å². The SMILES string of the molecule is O=C([O-])c1ccc2c(c1)C(=O)N(c1cccc(I)c1)C2=O. The zero-order valence-corrected chi connectivity index (χ0v) is 12.7. The number of nitrogens with zero attached hydrogens (tertiary/aromatic N) is 1. The highest BCUT2D eigenvalue weighted by atomic mass is 127. The highest BCUT2D eigenvalue weighted by molar-refractivity contribution is 14.1. The number of benzene rings is 2. The van der Waals surface area contributed by atoms with Crippen LogP contribution in [0.2, 0.25) is 0 Å². The number of hydrogen-bond donors (Lipinski definition) is 0. The van der Waals surface area contributed by atoms with E-state index in [1.165, 1.54) is 18.2 Å². The fourth-order valence-electron chi connectivity index (χ4n) is 2.22. The van der Waals surface area contributed by atoms with Crippen molar-refractivity contribution in [3.63, 3.8) is 0 Å². The van der Waals surface area contributed by atoms with Gasteiger partial charge in [0.25, 0.3) is 11.8 Å². The smallest absolute Gasteiger partial charge is 0.266 e. The van der Waals surface area contributed by atoms with Gasteiger partial charge in [0.2, 0.25) is 0 Å². The molecule has 0 aliphatic carbocycles. The Labute approximate surface area is 133 Å². The normalized spacial score (nSPS) is 13.5. The summed E-state index contributed by atoms with van der Waals surface area (Å²) in [6, 6.07) is 10.7. The fraction of sp³-hybridized carbons (Fsp3) is 0. The van der Waals surface area contributed by atoms with E-state index < -0.39 is 17.8 Å². The Morgan fingerprint density at radius 1 is 1.00 bits per heavy atom. The van der Waals surface area contributed by atoms with Crippen LogP contribution in [0.4, 0.5) is 5.69 Å². The maximum Gasteiger partial charge on any atom is 0.266 e. The first-order valence-corrected chi connectivity index (χ1v) is 7.06. The second kappa shape index (κ2) is 4.96. The second-order valence-electron chi connectivity index (χ2n) is 4.47. The van der Waals surface area contributed by atoms with Crippen molar-refractivity contribution in [3.8, 4) is 0 Å². The van der Waals surface area contributed by atoms with Crippen LogP contribution >= 0.6 is 22.6 Å². The van der Waals surface area contributed by atoms with Crippen LogP contribution in [0.3, 0.4) is 0 Å². The number of fused-ring (bicyclic) bond motifs is 1. The summed E-state index contributed by atoms with van der Waals surface area (Å²) in [5.41, 5.74) is 0.618. The number of anilines is 1. The number of rotatable bonds is 2. The third-order valence-corrected chi connectivity index (χ3v) is 3.86. The van der Waals surface area contributed by atoms with E-state index in [-0.39, 0.29) is 16.7 Å². The summed E-state index contributed by atoms with van der Waals surface area (Å²) in [4.78, 5) is 36.6. The molecule has 0 bridgehead atoms. The van der Waals surface area contributed by atoms with Crippen molar-refractivity contribution in [1.82, 2.24) is 0 Å². The summed E-state index contributed by atoms with van der Waals surface area (Å²) < 4.78 is 0.886. The summed E-state index contributed by atoms with van der Waals surface area (Å²) in [6.45, 7) is 0. The summed E-state index contributed by atoms with van der Waals surface area (Å²) in [6.07, 6.45) is 0. The first-order chi connectivity index (χ1) is 9.99. The molecule has 2 aromatic carbocycles. The number of carboxylic acids is 1. The summed E-state index contributed by atoms with van der Waals surface area (Å²) in [5.74, 6) is -2.37. The van der Waals surface area contributed by atoms with Crippen molar-refractivity contribution in [2.45, 2.75) is 0 Å². The standard InChI is InChI=1S/C15H8INO4/c16-9-2-1-3-10(7-9)17-13(18)11-5-4-8(15(20)21)6-12(11)14(17)19/h1-7H,(H,20,21)/p-1. The fourth-order valence-corrected chi connectivity index (χ4v) is 2.74. The van der Waals surface area contributed by atoms with E-state index in [4.69, 9.17) is 0 Å². The predicted octanol–water partition coefficient (Wildman–Crippen LogP) is 1.46. The molecule has 3 rings (SSSR count). The van der Waals surface area contributed by atoms with Crippen molar-refractivity contribution in [2.24, 2.45) is 0 Å². The van der Waals surface area contributed by atoms with Crippen molar-refractivity contribution < 1.29 is 19.5 Å². The molecule has 21 heavy (non-hydrogen) atoms. The molecule has 0 saturated carbocycles. The van der Waals surface area contributed by atoms with Crippen molar-refractivity contribution in [1.29, 1.82) is 0 Å². The van der Waals surface area contributed by atoms with Gasteiger partial charge in [-0.15, -0.1) is 0 Å². The average Bonchev–Trinajstić information content (AvgIpc) is 2.70. The van der Waals surface area contributed by atoms with E-state index in [1.807, 2.05) is 6.07 Å². The topological polar surface area (TPSA) is 77.5 Å². The third kappa shape index (κ3) is 2.21. The quantitative estimate of drug-likeness (QED) is 0.573. The lowest BCUT2D eigenvalue weighted by Gasteiger charge is -2.13. The zero-order chi connectivity index (χ0) is 15.1. The van der Waals surface area contributed by atoms with Crippen molar-refractivity contribution in [3.05, 3.63) is 62.7 Å². The number of carbonyl (C=O) groups excluding carboxylic acids is 3. The van der Waals surface area contributed by atoms with Crippen LogP contribution in [-0.2, 0) is 0 Å². The van der Waals surface area contributed by atoms with E-state index >= 15 is 0 Å². The highest BCUT2D eigenvalue weighted by Crippen LogP contribution is 2.29. The number of imide groups is 1. The van der Waals surface area contributed by atoms with Gasteiger partial charge in [0, 0.05) is 3.57 Å². The molecule has 0 radical (unpaired) electrons. The van der Waals surface area contributed by atoms with Crippen LogP contribution in [-0.4, -0.2) is 17.8 Å². The third-order valence-electron chi connectivity index (χ3n) is 3.19. The summed E-state index contributed by atoms with van der Waals surface area (Å²) >= 11 is 2.08. The Hall–Kier alpha value is -2.22. The van der Waals surface area contributed by atoms with Crippen LogP contribution in [0.1, 0.15) is 31.1 Å². The minimum atomic E-state index is -1.38. The predicted molar refractivity (Wildman–Crippen MR) is 81.1 cm³/mol. The maximum absolute atomic E-state index is 12.4. The molecule has 0 unspecified atom stereocenters. The van der Waals surface area contributed by atoms with Crippen LogP contribution < -0.4 is 10.0 Å². The molecule has 5 nitrogen and oxygen atoms in total. The number of carboxylic acid groups (broad SMARTS) is 1. The van der Waals surface area contributed by atoms with Gasteiger partial charge in [-0.3, -0.25) is 9.59 Å². The van der Waals surface area contributed by atoms with Gasteiger partial charge in [-0.25, -0.2) is 4.90 Å². The lowest BCUT2D eigenvalue weighted by atomic mass is 10.1. The molecular weight excluding hydrogens is 385 g/mol. The van der Waals surface area contributed by atoms with Gasteiger partial charge in [-0.05, 0) is 58.5 Å². The van der Waals surface area contributed by atoms with Crippen LogP contribution in [0.25, 0.3) is 0 Å². The molecule has 1 aliphatic heterocycles. The molecule has 2 amide bonds. The van der Waals surface area contributed by atoms with Gasteiger partial charge >= 0.3 is 0 Å². The van der Waals surface area contributed by atoms with Gasteiger partial charge in [0.05, 0.1) is 22.8 Å². The molecule has 6 heteroatoms. The maximum atomic E-state index is 12.4. The minimum absolute atomic E-state index is 0.0839. The van der Waals surface area contributed by atoms with Crippen LogP contribution in [0.5, 0.6) is 0 Å². The van der Waals surface area contributed by atoms with Gasteiger partial charge in [-0.2, -0.15) is 0 Å². The van der Waals surface area contributed by atoms with E-state index in [0.717, 1.165) is 8.47 Å². The zero-order valence-electron chi connectivity index (χ0n) is 10.5. The first kappa shape index (κ1) is 13.7. The average molecular weight is 392 g/mol. The Morgan fingerprint density at radius 3 is 2.38 bits per heavy atom. The van der Waals surface area contributed by atoms with Gasteiger partial charge < -0.3 is 9.90 Å². The molecule has 0 aromatic heterocycles. The molecule has 0 spiro atoms. The van der Waals surface area contributed by atoms with Gasteiger partial charge in [0.15, 0.2) is 0 Å². The highest BCUT2D eigenvalue weighted by Gasteiger charge is 2.36. The summed E-state index contributed by atoms with van der Waals surface area (Å²) in [7, 11) is 0. The number of carbonyl (C=O) groups is 3. The lowest BCUT2D eigenvalue weighted by Crippen LogP contribution is -2.29. The monoisotopic (exact) mass is 392 g/mol. The molecule has 0 N–H and O–H groups in total. The van der Waals surface area contributed by atoms with Crippen molar-refractivity contribution in [2.75, 3.05) is 4.90 Å². The Bertz CT molecular complexity index is 800. The number of hydrogen-bond acceptors (Lipinski definition) is 4. The molecule has 0 fully saturated rings. The molecule has 0 atom stereocenters. The number of amides is 2. The Balaban J connectivity index is 2.10. The largest absolute Gasteiger partial charge is 0.545 e. The molecule has 104 valence electrons. The van der Waals surface area contributed by atoms with E-state index in [1.54, 1.807) is 18.2 Å². The molecule has 0 saturated heterocycles. The Kier molecular flexibility index (Phi) is 3.25. The minimum Gasteiger partial charge on any atom is -0.545 e. The first-order valence-electron chi connectivity index (χ1n) is 5.99. The van der Waals surface area contributed by atoms with Gasteiger partial charge in [0.1, 0.15) is 0 Å². The lowest BCUT2D eigenvalue weighted by molar-refractivity contribution is -0.255. The van der Waals surface area contributed by atoms with E-state index in [2.05, 4.69) is 22.6 Å². The molecule has 1 heterocycles. The Morgan fingerprint density at radius 2 is 1.71 bits per heavy atom. The number of halogens is 1.